The van der Waals surface area contributed by atoms with Crippen molar-refractivity contribution in [3.8, 4) is 0 Å². The van der Waals surface area contributed by atoms with Crippen LogP contribution >= 0.6 is 0 Å². The number of aliphatic hydroxyl groups is 1. The van der Waals surface area contributed by atoms with Gasteiger partial charge in [0.2, 0.25) is 5.72 Å². The molecule has 0 amide bonds. The molecule has 0 radical (unpaired) electrons. The highest BCUT2D eigenvalue weighted by atomic mass is 16.3. The molecule has 0 aromatic heterocycles. The normalized spacial score (nSPS) is 19.7. The summed E-state index contributed by atoms with van der Waals surface area (Å²) in [6.45, 7) is 7.55. The van der Waals surface area contributed by atoms with E-state index in [1.54, 1.807) is 0 Å². The molecule has 2 aliphatic rings. The third kappa shape index (κ3) is 10.3. The number of nitrogens with zero attached hydrogens (tertiary/aromatic N) is 3. The Hall–Kier alpha value is -1.82. The molecule has 6 nitrogen and oxygen atoms in total. The summed E-state index contributed by atoms with van der Waals surface area (Å²) in [5.74, 6) is 1.39. The summed E-state index contributed by atoms with van der Waals surface area (Å²) in [6, 6.07) is 0. The van der Waals surface area contributed by atoms with Gasteiger partial charge in [-0.3, -0.25) is 9.57 Å². The van der Waals surface area contributed by atoms with E-state index in [2.05, 4.69) is 27.1 Å². The van der Waals surface area contributed by atoms with E-state index in [4.69, 9.17) is 11.5 Å². The minimum absolute atomic E-state index is 0.179. The third-order valence-electron chi connectivity index (χ3n) is 6.96. The second-order valence-electron chi connectivity index (χ2n) is 9.79. The molecule has 6 heteroatoms. The highest BCUT2D eigenvalue weighted by Crippen LogP contribution is 2.30. The first-order chi connectivity index (χ1) is 16.1. The van der Waals surface area contributed by atoms with Crippen LogP contribution in [0.1, 0.15) is 103 Å². The van der Waals surface area contributed by atoms with Crippen LogP contribution in [-0.2, 0) is 0 Å². The van der Waals surface area contributed by atoms with E-state index in [9.17, 15) is 5.11 Å². The largest absolute Gasteiger partial charge is 0.370 e. The zero-order valence-corrected chi connectivity index (χ0v) is 21.0. The van der Waals surface area contributed by atoms with Gasteiger partial charge in [-0.05, 0) is 44.6 Å². The van der Waals surface area contributed by atoms with Crippen LogP contribution in [0.25, 0.3) is 0 Å². The summed E-state index contributed by atoms with van der Waals surface area (Å²) in [5, 5.41) is 11.3. The van der Waals surface area contributed by atoms with Crippen molar-refractivity contribution in [2.24, 2.45) is 16.5 Å². The average Bonchev–Trinajstić information content (AvgIpc) is 3.14. The molecule has 0 saturated heterocycles. The number of hydrogen-bond acceptors (Lipinski definition) is 3. The lowest BCUT2D eigenvalue weighted by molar-refractivity contribution is -0.539. The summed E-state index contributed by atoms with van der Waals surface area (Å²) >= 11 is 0. The van der Waals surface area contributed by atoms with Crippen LogP contribution in [0.3, 0.4) is 0 Å². The second-order valence-corrected chi connectivity index (χ2v) is 9.79. The molecule has 2 heterocycles. The number of allylic oxidation sites excluding steroid dienone is 1. The van der Waals surface area contributed by atoms with Gasteiger partial charge in [-0.25, -0.2) is 4.90 Å². The summed E-state index contributed by atoms with van der Waals surface area (Å²) in [7, 11) is 0. The summed E-state index contributed by atoms with van der Waals surface area (Å²) in [6.07, 6.45) is 25.6. The quantitative estimate of drug-likeness (QED) is 0.0858. The molecule has 0 bridgehead atoms. The fourth-order valence-corrected chi connectivity index (χ4v) is 5.04. The van der Waals surface area contributed by atoms with Crippen LogP contribution in [0.4, 0.5) is 0 Å². The summed E-state index contributed by atoms with van der Waals surface area (Å²) in [4.78, 5) is 6.29. The zero-order chi connectivity index (χ0) is 23.8. The van der Waals surface area contributed by atoms with Gasteiger partial charge in [0.05, 0.1) is 19.6 Å². The van der Waals surface area contributed by atoms with Crippen molar-refractivity contribution in [2.75, 3.05) is 26.2 Å². The maximum absolute atomic E-state index is 11.3. The van der Waals surface area contributed by atoms with E-state index in [1.165, 1.54) is 63.6 Å². The van der Waals surface area contributed by atoms with Crippen LogP contribution in [0.5, 0.6) is 0 Å². The molecular formula is C27H50N5O+. The van der Waals surface area contributed by atoms with Crippen molar-refractivity contribution in [3.63, 3.8) is 0 Å². The van der Waals surface area contributed by atoms with Crippen molar-refractivity contribution in [1.29, 1.82) is 0 Å². The van der Waals surface area contributed by atoms with Crippen LogP contribution in [0.2, 0.25) is 0 Å². The Morgan fingerprint density at radius 1 is 1.00 bits per heavy atom. The summed E-state index contributed by atoms with van der Waals surface area (Å²) < 4.78 is 2.44. The maximum atomic E-state index is 11.3. The number of hydrogen-bond donors (Lipinski definition) is 3. The minimum atomic E-state index is -0.785. The molecule has 2 aliphatic heterocycles. The number of guanidine groups is 1. The Balaban J connectivity index is 1.60. The van der Waals surface area contributed by atoms with E-state index in [-0.39, 0.29) is 5.96 Å². The van der Waals surface area contributed by atoms with Crippen molar-refractivity contribution in [3.05, 3.63) is 24.8 Å². The molecule has 188 valence electrons. The maximum Gasteiger partial charge on any atom is 0.274 e. The van der Waals surface area contributed by atoms with Gasteiger partial charge in [-0.1, -0.05) is 57.4 Å². The Morgan fingerprint density at radius 3 is 2.30 bits per heavy atom. The Bertz CT molecular complexity index is 653. The molecule has 1 atom stereocenters. The first kappa shape index (κ1) is 27.4. The molecule has 5 N–H and O–H groups in total. The molecule has 2 rings (SSSR count). The molecule has 0 fully saturated rings. The smallest absolute Gasteiger partial charge is 0.274 e. The molecule has 0 aromatic rings. The molecule has 1 unspecified atom stereocenters. The van der Waals surface area contributed by atoms with Gasteiger partial charge in [0.15, 0.2) is 5.96 Å². The molecule has 0 aromatic carbocycles. The fourth-order valence-electron chi connectivity index (χ4n) is 5.04. The van der Waals surface area contributed by atoms with Gasteiger partial charge in [-0.15, -0.1) is 6.58 Å². The molecule has 33 heavy (non-hydrogen) atoms. The highest BCUT2D eigenvalue weighted by molar-refractivity contribution is 5.92. The number of aliphatic imine (C=N–C) groups is 1. The Morgan fingerprint density at radius 2 is 1.64 bits per heavy atom. The first-order valence-corrected chi connectivity index (χ1v) is 13.5. The van der Waals surface area contributed by atoms with Crippen LogP contribution in [-0.4, -0.2) is 58.3 Å². The van der Waals surface area contributed by atoms with Crippen LogP contribution in [0, 0.1) is 0 Å². The molecule has 0 saturated carbocycles. The summed E-state index contributed by atoms with van der Waals surface area (Å²) in [5.41, 5.74) is 9.97. The van der Waals surface area contributed by atoms with Gasteiger partial charge in [-0.2, -0.15) is 0 Å². The molecule has 0 aliphatic carbocycles. The van der Waals surface area contributed by atoms with E-state index in [1.807, 2.05) is 12.2 Å². The number of rotatable bonds is 19. The van der Waals surface area contributed by atoms with Gasteiger partial charge < -0.3 is 16.6 Å². The van der Waals surface area contributed by atoms with E-state index in [0.717, 1.165) is 64.6 Å². The Kier molecular flexibility index (Phi) is 13.2. The number of nitrogens with two attached hydrogens (primary N) is 2. The Labute approximate surface area is 202 Å². The van der Waals surface area contributed by atoms with E-state index >= 15 is 0 Å². The van der Waals surface area contributed by atoms with Gasteiger partial charge in [0, 0.05) is 25.5 Å². The second kappa shape index (κ2) is 15.9. The monoisotopic (exact) mass is 460 g/mol. The van der Waals surface area contributed by atoms with E-state index in [0.29, 0.717) is 6.54 Å². The van der Waals surface area contributed by atoms with Crippen LogP contribution < -0.4 is 11.5 Å². The SMILES string of the molecule is C=CCCCCCCCCCCCCC1(O)C=CC2=[N+](CCCCCN=C(N)N)CCCN21. The fraction of sp³-hybridized carbons (Fsp3) is 0.778. The van der Waals surface area contributed by atoms with Gasteiger partial charge in [0.25, 0.3) is 5.84 Å². The standard InChI is InChI=1S/C27H50N5O/c1-2-3-4-5-6-7-8-9-10-11-12-14-19-27(33)20-18-25-31(23-17-24-32(25)27)22-16-13-15-21-30-26(28)29/h2,18,20,33H,1,3-17,19,21-24H2,(H4,28,29,30)/q+1. The van der Waals surface area contributed by atoms with Gasteiger partial charge in [0.1, 0.15) is 0 Å². The topological polar surface area (TPSA) is 90.9 Å². The zero-order valence-electron chi connectivity index (χ0n) is 21.0. The van der Waals surface area contributed by atoms with Gasteiger partial charge >= 0.3 is 0 Å². The lowest BCUT2D eigenvalue weighted by Gasteiger charge is -2.32. The van der Waals surface area contributed by atoms with Crippen LogP contribution in [0.15, 0.2) is 29.8 Å². The average molecular weight is 461 g/mol. The number of amidine groups is 1. The minimum Gasteiger partial charge on any atom is -0.370 e. The number of unbranched alkanes of at least 4 members (excludes halogenated alkanes) is 12. The van der Waals surface area contributed by atoms with Crippen molar-refractivity contribution < 1.29 is 9.68 Å². The molecule has 0 spiro atoms. The third-order valence-corrected chi connectivity index (χ3v) is 6.96. The van der Waals surface area contributed by atoms with Crippen molar-refractivity contribution >= 4 is 11.8 Å². The van der Waals surface area contributed by atoms with Crippen molar-refractivity contribution in [2.45, 2.75) is 108 Å². The lowest BCUT2D eigenvalue weighted by atomic mass is 10.0. The lowest BCUT2D eigenvalue weighted by Crippen LogP contribution is -2.52. The highest BCUT2D eigenvalue weighted by Gasteiger charge is 2.46. The van der Waals surface area contributed by atoms with Crippen molar-refractivity contribution in [1.82, 2.24) is 4.90 Å². The number of fused-ring (bicyclic) bond motifs is 1. The van der Waals surface area contributed by atoms with E-state index < -0.39 is 5.72 Å². The molecular weight excluding hydrogens is 410 g/mol. The predicted molar refractivity (Wildman–Crippen MR) is 141 cm³/mol. The predicted octanol–water partition coefficient (Wildman–Crippen LogP) is 4.67. The first-order valence-electron chi connectivity index (χ1n) is 13.5.